The molecule has 0 amide bonds. The van der Waals surface area contributed by atoms with Crippen molar-refractivity contribution in [2.45, 2.75) is 38.6 Å². The van der Waals surface area contributed by atoms with E-state index < -0.39 is 5.97 Å². The quantitative estimate of drug-likeness (QED) is 0.908. The Morgan fingerprint density at radius 1 is 1.42 bits per heavy atom. The standard InChI is InChI=1S/C16H19NO2/c1-11(16(18)19)9-12-5-6-13-7-8-17(15(13)10-12)14-3-2-4-14/h5-8,10-11,14H,2-4,9H2,1H3,(H,18,19). The average molecular weight is 257 g/mol. The largest absolute Gasteiger partial charge is 0.481 e. The minimum atomic E-state index is -0.727. The normalized spacial score (nSPS) is 17.3. The number of aromatic nitrogens is 1. The van der Waals surface area contributed by atoms with Crippen molar-refractivity contribution in [2.24, 2.45) is 5.92 Å². The van der Waals surface area contributed by atoms with Crippen molar-refractivity contribution in [1.29, 1.82) is 0 Å². The summed E-state index contributed by atoms with van der Waals surface area (Å²) in [5.41, 5.74) is 2.36. The number of nitrogens with zero attached hydrogens (tertiary/aromatic N) is 1. The predicted molar refractivity (Wildman–Crippen MR) is 75.3 cm³/mol. The van der Waals surface area contributed by atoms with Gasteiger partial charge in [-0.2, -0.15) is 0 Å². The van der Waals surface area contributed by atoms with E-state index in [2.05, 4.69) is 29.0 Å². The van der Waals surface area contributed by atoms with Crippen LogP contribution >= 0.6 is 0 Å². The minimum Gasteiger partial charge on any atom is -0.481 e. The Hall–Kier alpha value is -1.77. The van der Waals surface area contributed by atoms with Crippen molar-refractivity contribution in [1.82, 2.24) is 4.57 Å². The van der Waals surface area contributed by atoms with Gasteiger partial charge in [-0.3, -0.25) is 4.79 Å². The van der Waals surface area contributed by atoms with E-state index >= 15 is 0 Å². The summed E-state index contributed by atoms with van der Waals surface area (Å²) < 4.78 is 2.35. The van der Waals surface area contributed by atoms with Gasteiger partial charge in [0.05, 0.1) is 5.92 Å². The molecule has 0 saturated heterocycles. The first-order valence-corrected chi connectivity index (χ1v) is 6.97. The Labute approximate surface area is 112 Å². The van der Waals surface area contributed by atoms with Gasteiger partial charge in [0, 0.05) is 17.8 Å². The molecule has 1 aromatic heterocycles. The molecule has 3 heteroatoms. The third-order valence-corrected chi connectivity index (χ3v) is 4.22. The van der Waals surface area contributed by atoms with Crippen LogP contribution in [0.3, 0.4) is 0 Å². The Morgan fingerprint density at radius 2 is 2.21 bits per heavy atom. The molecule has 0 radical (unpaired) electrons. The van der Waals surface area contributed by atoms with Gasteiger partial charge in [-0.05, 0) is 48.8 Å². The highest BCUT2D eigenvalue weighted by Crippen LogP contribution is 2.34. The number of fused-ring (bicyclic) bond motifs is 1. The van der Waals surface area contributed by atoms with Crippen LogP contribution in [0.2, 0.25) is 0 Å². The predicted octanol–water partition coefficient (Wildman–Crippen LogP) is 3.63. The first-order chi connectivity index (χ1) is 9.15. The van der Waals surface area contributed by atoms with Crippen LogP contribution in [0.1, 0.15) is 37.8 Å². The van der Waals surface area contributed by atoms with E-state index in [1.807, 2.05) is 6.07 Å². The molecule has 1 unspecified atom stereocenters. The summed E-state index contributed by atoms with van der Waals surface area (Å²) in [4.78, 5) is 10.9. The fourth-order valence-electron chi connectivity index (χ4n) is 2.75. The SMILES string of the molecule is CC(Cc1ccc2ccn(C3CCC3)c2c1)C(=O)O. The molecule has 0 bridgehead atoms. The van der Waals surface area contributed by atoms with Gasteiger partial charge < -0.3 is 9.67 Å². The maximum atomic E-state index is 10.9. The first kappa shape index (κ1) is 12.3. The van der Waals surface area contributed by atoms with Gasteiger partial charge in [-0.1, -0.05) is 19.1 Å². The maximum absolute atomic E-state index is 10.9. The van der Waals surface area contributed by atoms with Crippen molar-refractivity contribution >= 4 is 16.9 Å². The van der Waals surface area contributed by atoms with Gasteiger partial charge in [0.1, 0.15) is 0 Å². The van der Waals surface area contributed by atoms with E-state index in [4.69, 9.17) is 5.11 Å². The Morgan fingerprint density at radius 3 is 2.84 bits per heavy atom. The molecule has 2 aromatic rings. The van der Waals surface area contributed by atoms with Crippen molar-refractivity contribution in [3.8, 4) is 0 Å². The molecule has 1 heterocycles. The Kier molecular flexibility index (Phi) is 3.05. The van der Waals surface area contributed by atoms with E-state index in [0.29, 0.717) is 12.5 Å². The second-order valence-electron chi connectivity index (χ2n) is 5.64. The average Bonchev–Trinajstić information content (AvgIpc) is 2.70. The highest BCUT2D eigenvalue weighted by molar-refractivity contribution is 5.81. The summed E-state index contributed by atoms with van der Waals surface area (Å²) in [5, 5.41) is 10.3. The van der Waals surface area contributed by atoms with Crippen LogP contribution in [-0.2, 0) is 11.2 Å². The number of carbonyl (C=O) groups is 1. The lowest BCUT2D eigenvalue weighted by Gasteiger charge is -2.28. The topological polar surface area (TPSA) is 42.2 Å². The van der Waals surface area contributed by atoms with E-state index in [1.165, 1.54) is 30.2 Å². The molecular formula is C16H19NO2. The van der Waals surface area contributed by atoms with Gasteiger partial charge in [0.25, 0.3) is 0 Å². The molecular weight excluding hydrogens is 238 g/mol. The molecule has 3 nitrogen and oxygen atoms in total. The van der Waals surface area contributed by atoms with Crippen LogP contribution in [0.25, 0.3) is 10.9 Å². The second-order valence-corrected chi connectivity index (χ2v) is 5.64. The molecule has 1 aliphatic carbocycles. The number of hydrogen-bond donors (Lipinski definition) is 1. The third kappa shape index (κ3) is 2.25. The lowest BCUT2D eigenvalue weighted by Crippen LogP contribution is -2.16. The zero-order valence-corrected chi connectivity index (χ0v) is 11.2. The summed E-state index contributed by atoms with van der Waals surface area (Å²) in [5.74, 6) is -1.06. The van der Waals surface area contributed by atoms with E-state index in [1.54, 1.807) is 6.92 Å². The Bertz CT molecular complexity index is 610. The van der Waals surface area contributed by atoms with Crippen LogP contribution in [0.15, 0.2) is 30.5 Å². The maximum Gasteiger partial charge on any atom is 0.306 e. The molecule has 1 aromatic carbocycles. The summed E-state index contributed by atoms with van der Waals surface area (Å²) in [6.07, 6.45) is 6.61. The molecule has 0 aliphatic heterocycles. The van der Waals surface area contributed by atoms with Gasteiger partial charge >= 0.3 is 5.97 Å². The number of carboxylic acids is 1. The highest BCUT2D eigenvalue weighted by Gasteiger charge is 2.20. The lowest BCUT2D eigenvalue weighted by molar-refractivity contribution is -0.141. The number of aliphatic carboxylic acids is 1. The van der Waals surface area contributed by atoms with Gasteiger partial charge in [-0.15, -0.1) is 0 Å². The van der Waals surface area contributed by atoms with Crippen LogP contribution < -0.4 is 0 Å². The smallest absolute Gasteiger partial charge is 0.306 e. The lowest BCUT2D eigenvalue weighted by atomic mass is 9.92. The minimum absolute atomic E-state index is 0.329. The number of benzene rings is 1. The van der Waals surface area contributed by atoms with Crippen molar-refractivity contribution in [2.75, 3.05) is 0 Å². The molecule has 1 fully saturated rings. The molecule has 100 valence electrons. The number of rotatable bonds is 4. The van der Waals surface area contributed by atoms with Crippen molar-refractivity contribution in [3.63, 3.8) is 0 Å². The van der Waals surface area contributed by atoms with Crippen LogP contribution in [0.4, 0.5) is 0 Å². The fraction of sp³-hybridized carbons (Fsp3) is 0.438. The number of carboxylic acid groups (broad SMARTS) is 1. The molecule has 1 saturated carbocycles. The summed E-state index contributed by atoms with van der Waals surface area (Å²) in [6, 6.07) is 9.11. The summed E-state index contributed by atoms with van der Waals surface area (Å²) >= 11 is 0. The van der Waals surface area contributed by atoms with Gasteiger partial charge in [0.15, 0.2) is 0 Å². The van der Waals surface area contributed by atoms with E-state index in [0.717, 1.165) is 5.56 Å². The molecule has 0 spiro atoms. The van der Waals surface area contributed by atoms with Crippen LogP contribution in [0.5, 0.6) is 0 Å². The second kappa shape index (κ2) is 4.72. The molecule has 1 aliphatic rings. The third-order valence-electron chi connectivity index (χ3n) is 4.22. The zero-order chi connectivity index (χ0) is 13.4. The van der Waals surface area contributed by atoms with Crippen molar-refractivity contribution < 1.29 is 9.90 Å². The number of hydrogen-bond acceptors (Lipinski definition) is 1. The summed E-state index contributed by atoms with van der Waals surface area (Å²) in [7, 11) is 0. The highest BCUT2D eigenvalue weighted by atomic mass is 16.4. The van der Waals surface area contributed by atoms with E-state index in [-0.39, 0.29) is 5.92 Å². The van der Waals surface area contributed by atoms with Gasteiger partial charge in [-0.25, -0.2) is 0 Å². The van der Waals surface area contributed by atoms with Crippen molar-refractivity contribution in [3.05, 3.63) is 36.0 Å². The molecule has 3 rings (SSSR count). The summed E-state index contributed by atoms with van der Waals surface area (Å²) in [6.45, 7) is 1.76. The molecule has 1 N–H and O–H groups in total. The monoisotopic (exact) mass is 257 g/mol. The first-order valence-electron chi connectivity index (χ1n) is 6.97. The van der Waals surface area contributed by atoms with Crippen LogP contribution in [0, 0.1) is 5.92 Å². The molecule has 19 heavy (non-hydrogen) atoms. The van der Waals surface area contributed by atoms with Gasteiger partial charge in [0.2, 0.25) is 0 Å². The Balaban J connectivity index is 1.92. The zero-order valence-electron chi connectivity index (χ0n) is 11.2. The van der Waals surface area contributed by atoms with E-state index in [9.17, 15) is 4.79 Å². The molecule has 1 atom stereocenters. The van der Waals surface area contributed by atoms with Crippen LogP contribution in [-0.4, -0.2) is 15.6 Å². The fourth-order valence-corrected chi connectivity index (χ4v) is 2.75.